The molecule has 1 aliphatic rings. The fourth-order valence-electron chi connectivity index (χ4n) is 3.42. The van der Waals surface area contributed by atoms with Gasteiger partial charge in [-0.3, -0.25) is 0 Å². The van der Waals surface area contributed by atoms with Gasteiger partial charge in [0.05, 0.1) is 17.4 Å². The number of aromatic nitrogens is 2. The van der Waals surface area contributed by atoms with Crippen LogP contribution in [-0.2, 0) is 6.42 Å². The molecule has 1 N–H and O–H groups in total. The maximum atomic E-state index is 4.80. The Kier molecular flexibility index (Phi) is 3.14. The van der Waals surface area contributed by atoms with Crippen LogP contribution in [0.1, 0.15) is 41.4 Å². The molecule has 2 aromatic heterocycles. The first-order valence-corrected chi connectivity index (χ1v) is 8.02. The Balaban J connectivity index is 1.84. The molecule has 3 heteroatoms. The largest absolute Gasteiger partial charge is 0.375 e. The number of nitrogens with zero attached hydrogens (tertiary/aromatic N) is 2. The lowest BCUT2D eigenvalue weighted by atomic mass is 10.0. The van der Waals surface area contributed by atoms with Gasteiger partial charge in [0.2, 0.25) is 0 Å². The number of hydrogen-bond donors (Lipinski definition) is 1. The lowest BCUT2D eigenvalue weighted by Crippen LogP contribution is -2.10. The third-order valence-electron chi connectivity index (χ3n) is 4.82. The molecule has 0 unspecified atom stereocenters. The molecule has 22 heavy (non-hydrogen) atoms. The lowest BCUT2D eigenvalue weighted by Gasteiger charge is -2.19. The highest BCUT2D eigenvalue weighted by molar-refractivity contribution is 5.73. The summed E-state index contributed by atoms with van der Waals surface area (Å²) in [6.45, 7) is 4.22. The quantitative estimate of drug-likeness (QED) is 0.718. The Labute approximate surface area is 131 Å². The summed E-state index contributed by atoms with van der Waals surface area (Å²) in [5.41, 5.74) is 7.35. The van der Waals surface area contributed by atoms with Crippen LogP contribution in [0.25, 0.3) is 5.65 Å². The van der Waals surface area contributed by atoms with Gasteiger partial charge in [-0.05, 0) is 50.3 Å². The molecule has 112 valence electrons. The molecular formula is C19H21N3. The van der Waals surface area contributed by atoms with Crippen molar-refractivity contribution in [3.05, 3.63) is 65.1 Å². The van der Waals surface area contributed by atoms with E-state index in [1.807, 2.05) is 0 Å². The number of nitrogens with one attached hydrogen (secondary N) is 1. The second-order valence-electron chi connectivity index (χ2n) is 6.19. The average molecular weight is 291 g/mol. The summed E-state index contributed by atoms with van der Waals surface area (Å²) in [4.78, 5) is 4.80. The minimum Gasteiger partial charge on any atom is -0.375 e. The van der Waals surface area contributed by atoms with E-state index >= 15 is 0 Å². The van der Waals surface area contributed by atoms with Crippen LogP contribution in [0.5, 0.6) is 0 Å². The van der Waals surface area contributed by atoms with Crippen molar-refractivity contribution in [2.75, 3.05) is 5.32 Å². The second-order valence-corrected chi connectivity index (χ2v) is 6.19. The van der Waals surface area contributed by atoms with E-state index in [4.69, 9.17) is 4.98 Å². The molecule has 0 radical (unpaired) electrons. The molecule has 0 aliphatic carbocycles. The molecule has 0 fully saturated rings. The maximum Gasteiger partial charge on any atom is 0.161 e. The molecule has 3 aromatic rings. The zero-order valence-electron chi connectivity index (χ0n) is 13.1. The molecular weight excluding hydrogens is 270 g/mol. The van der Waals surface area contributed by atoms with Crippen LogP contribution in [0.15, 0.2) is 42.6 Å². The van der Waals surface area contributed by atoms with E-state index in [-0.39, 0.29) is 0 Å². The van der Waals surface area contributed by atoms with E-state index in [0.717, 1.165) is 24.2 Å². The Morgan fingerprint density at radius 1 is 1.14 bits per heavy atom. The highest BCUT2D eigenvalue weighted by Gasteiger charge is 2.21. The molecule has 1 aliphatic heterocycles. The minimum atomic E-state index is 0.367. The van der Waals surface area contributed by atoms with Crippen LogP contribution < -0.4 is 5.32 Å². The number of fused-ring (bicyclic) bond motifs is 3. The fourth-order valence-corrected chi connectivity index (χ4v) is 3.42. The van der Waals surface area contributed by atoms with Crippen LogP contribution in [0.2, 0.25) is 0 Å². The van der Waals surface area contributed by atoms with Crippen LogP contribution in [-0.4, -0.2) is 9.38 Å². The Morgan fingerprint density at radius 2 is 1.95 bits per heavy atom. The van der Waals surface area contributed by atoms with Crippen LogP contribution in [0.3, 0.4) is 0 Å². The molecule has 0 bridgehead atoms. The number of hydrogen-bond acceptors (Lipinski definition) is 2. The average Bonchev–Trinajstić information content (AvgIpc) is 2.74. The summed E-state index contributed by atoms with van der Waals surface area (Å²) >= 11 is 0. The summed E-state index contributed by atoms with van der Waals surface area (Å²) in [5, 5.41) is 3.78. The molecule has 0 amide bonds. The van der Waals surface area contributed by atoms with Gasteiger partial charge in [0.15, 0.2) is 5.65 Å². The van der Waals surface area contributed by atoms with Gasteiger partial charge in [-0.25, -0.2) is 4.98 Å². The van der Waals surface area contributed by atoms with Gasteiger partial charge in [0.1, 0.15) is 0 Å². The number of benzene rings is 1. The molecule has 4 rings (SSSR count). The van der Waals surface area contributed by atoms with Crippen molar-refractivity contribution in [3.8, 4) is 0 Å². The van der Waals surface area contributed by atoms with Crippen molar-refractivity contribution in [1.82, 2.24) is 9.38 Å². The third-order valence-corrected chi connectivity index (χ3v) is 4.82. The number of rotatable bonds is 1. The monoisotopic (exact) mass is 291 g/mol. The zero-order chi connectivity index (χ0) is 15.1. The van der Waals surface area contributed by atoms with Crippen LogP contribution >= 0.6 is 0 Å². The van der Waals surface area contributed by atoms with Gasteiger partial charge in [-0.1, -0.05) is 30.3 Å². The van der Waals surface area contributed by atoms with Crippen LogP contribution in [0.4, 0.5) is 5.69 Å². The number of anilines is 1. The molecule has 0 saturated heterocycles. The van der Waals surface area contributed by atoms with E-state index < -0.39 is 0 Å². The number of aryl methyl sites for hydroxylation is 3. The van der Waals surface area contributed by atoms with Gasteiger partial charge in [-0.2, -0.15) is 0 Å². The van der Waals surface area contributed by atoms with Gasteiger partial charge in [0, 0.05) is 11.9 Å². The maximum absolute atomic E-state index is 4.80. The molecule has 0 saturated carbocycles. The van der Waals surface area contributed by atoms with Crippen molar-refractivity contribution >= 4 is 11.3 Å². The topological polar surface area (TPSA) is 29.3 Å². The number of pyridine rings is 1. The van der Waals surface area contributed by atoms with Gasteiger partial charge < -0.3 is 9.72 Å². The normalized spacial score (nSPS) is 17.8. The number of imidazole rings is 1. The Hall–Kier alpha value is -2.29. The Morgan fingerprint density at radius 3 is 2.77 bits per heavy atom. The predicted octanol–water partition coefficient (Wildman–Crippen LogP) is 4.44. The minimum absolute atomic E-state index is 0.367. The third kappa shape index (κ3) is 2.08. The van der Waals surface area contributed by atoms with Crippen molar-refractivity contribution in [1.29, 1.82) is 0 Å². The standard InChI is InChI=1S/C19H21N3/c1-13-14(2)22-12-11-16-9-6-10-17(15-7-4-3-5-8-15)21-18(16)19(22)20-13/h3-5,7-8,11-12,17,21H,6,9-10H2,1-2H3/t17-/m0/s1. The van der Waals surface area contributed by atoms with Crippen molar-refractivity contribution in [2.45, 2.75) is 39.2 Å². The summed E-state index contributed by atoms with van der Waals surface area (Å²) in [7, 11) is 0. The van der Waals surface area contributed by atoms with E-state index in [0.29, 0.717) is 6.04 Å². The van der Waals surface area contributed by atoms with E-state index in [2.05, 4.69) is 66.2 Å². The zero-order valence-corrected chi connectivity index (χ0v) is 13.1. The highest BCUT2D eigenvalue weighted by Crippen LogP contribution is 2.34. The fraction of sp³-hybridized carbons (Fsp3) is 0.316. The van der Waals surface area contributed by atoms with Gasteiger partial charge in [-0.15, -0.1) is 0 Å². The van der Waals surface area contributed by atoms with E-state index in [1.54, 1.807) is 0 Å². The SMILES string of the molecule is Cc1nc2c3c(ccn2c1C)CCC[C@@H](c1ccccc1)N3. The second kappa shape index (κ2) is 5.16. The first-order valence-electron chi connectivity index (χ1n) is 8.02. The Bertz CT molecular complexity index is 818. The smallest absolute Gasteiger partial charge is 0.161 e. The summed E-state index contributed by atoms with van der Waals surface area (Å²) in [5.74, 6) is 0. The van der Waals surface area contributed by atoms with E-state index in [9.17, 15) is 0 Å². The van der Waals surface area contributed by atoms with Gasteiger partial charge >= 0.3 is 0 Å². The lowest BCUT2D eigenvalue weighted by molar-refractivity contribution is 0.663. The summed E-state index contributed by atoms with van der Waals surface area (Å²) in [6.07, 6.45) is 5.64. The predicted molar refractivity (Wildman–Crippen MR) is 90.4 cm³/mol. The van der Waals surface area contributed by atoms with Crippen molar-refractivity contribution in [3.63, 3.8) is 0 Å². The molecule has 1 aromatic carbocycles. The molecule has 3 nitrogen and oxygen atoms in total. The van der Waals surface area contributed by atoms with E-state index in [1.165, 1.54) is 28.9 Å². The summed E-state index contributed by atoms with van der Waals surface area (Å²) in [6, 6.07) is 13.4. The van der Waals surface area contributed by atoms with Gasteiger partial charge in [0.25, 0.3) is 0 Å². The first-order chi connectivity index (χ1) is 10.7. The molecule has 3 heterocycles. The van der Waals surface area contributed by atoms with Crippen molar-refractivity contribution in [2.24, 2.45) is 0 Å². The van der Waals surface area contributed by atoms with Crippen molar-refractivity contribution < 1.29 is 0 Å². The molecule has 1 atom stereocenters. The molecule has 0 spiro atoms. The highest BCUT2D eigenvalue weighted by atomic mass is 15.1. The summed E-state index contributed by atoms with van der Waals surface area (Å²) < 4.78 is 2.20. The van der Waals surface area contributed by atoms with Crippen LogP contribution in [0, 0.1) is 13.8 Å². The first kappa shape index (κ1) is 13.4.